The Hall–Kier alpha value is -5.08. The van der Waals surface area contributed by atoms with E-state index in [1.807, 2.05) is 24.3 Å². The van der Waals surface area contributed by atoms with Crippen molar-refractivity contribution >= 4 is 40.7 Å². The maximum Gasteiger partial charge on any atom is 0.256 e. The Balaban J connectivity index is 1.38. The first-order chi connectivity index (χ1) is 20.5. The number of imidazole rings is 1. The van der Waals surface area contributed by atoms with Crippen LogP contribution in [0, 0.1) is 6.57 Å². The fourth-order valence-corrected chi connectivity index (χ4v) is 5.65. The van der Waals surface area contributed by atoms with Crippen LogP contribution in [0.5, 0.6) is 0 Å². The number of nitrogens with zero attached hydrogens (tertiary/aromatic N) is 5. The number of aromatic nitrogens is 4. The van der Waals surface area contributed by atoms with E-state index in [2.05, 4.69) is 29.8 Å². The number of nitrogens with two attached hydrogens (primary N) is 1. The Morgan fingerprint density at radius 2 is 2.05 bits per heavy atom. The third kappa shape index (κ3) is 5.57. The smallest absolute Gasteiger partial charge is 0.256 e. The minimum Gasteiger partial charge on any atom is -0.382 e. The molecule has 0 unspecified atom stereocenters. The van der Waals surface area contributed by atoms with Gasteiger partial charge in [0.15, 0.2) is 5.69 Å². The highest BCUT2D eigenvalue weighted by Gasteiger charge is 2.30. The van der Waals surface area contributed by atoms with Gasteiger partial charge in [0.2, 0.25) is 5.91 Å². The summed E-state index contributed by atoms with van der Waals surface area (Å²) in [4.78, 5) is 42.5. The lowest BCUT2D eigenvalue weighted by Gasteiger charge is -2.29. The summed E-state index contributed by atoms with van der Waals surface area (Å²) in [6.45, 7) is 7.89. The van der Waals surface area contributed by atoms with E-state index in [9.17, 15) is 9.59 Å². The number of amides is 2. The molecule has 2 atom stereocenters. The van der Waals surface area contributed by atoms with Gasteiger partial charge in [0.25, 0.3) is 5.91 Å². The highest BCUT2D eigenvalue weighted by Crippen LogP contribution is 2.38. The number of anilines is 2. The molecule has 1 aliphatic heterocycles. The minimum absolute atomic E-state index is 0.00323. The van der Waals surface area contributed by atoms with E-state index in [0.717, 1.165) is 42.8 Å². The number of carbonyl (C=O) groups is 2. The Labute approximate surface area is 242 Å². The van der Waals surface area contributed by atoms with Crippen LogP contribution in [0.4, 0.5) is 17.3 Å². The van der Waals surface area contributed by atoms with Crippen molar-refractivity contribution in [3.63, 3.8) is 0 Å². The number of rotatable bonds is 3. The van der Waals surface area contributed by atoms with Gasteiger partial charge in [-0.05, 0) is 49.6 Å². The summed E-state index contributed by atoms with van der Waals surface area (Å²) in [5.41, 5.74) is 10.3. The minimum atomic E-state index is -0.338. The third-order valence-corrected chi connectivity index (χ3v) is 7.66. The quantitative estimate of drug-likeness (QED) is 0.306. The fraction of sp³-hybridized carbons (Fsp3) is 0.290. The molecule has 2 bridgehead atoms. The predicted molar refractivity (Wildman–Crippen MR) is 159 cm³/mol. The molecule has 1 aliphatic carbocycles. The second kappa shape index (κ2) is 11.8. The summed E-state index contributed by atoms with van der Waals surface area (Å²) >= 11 is 0. The Morgan fingerprint density at radius 1 is 1.19 bits per heavy atom. The SMILES string of the molecule is [C-]#[N+]c1ccnc(NC(=O)c2ccc(-c3nc4n5c(cnc(N)c35)/C=C/COCCC(=O)N[C@@H]3CCC[C@@H]4C3)cc2)c1. The molecule has 6 rings (SSSR count). The molecule has 1 fully saturated rings. The van der Waals surface area contributed by atoms with Crippen LogP contribution in [0.15, 0.2) is 54.9 Å². The van der Waals surface area contributed by atoms with Crippen LogP contribution < -0.4 is 16.4 Å². The zero-order valence-electron chi connectivity index (χ0n) is 22.9. The first kappa shape index (κ1) is 27.1. The van der Waals surface area contributed by atoms with Crippen LogP contribution in [0.25, 0.3) is 27.7 Å². The molecule has 11 nitrogen and oxygen atoms in total. The number of nitrogens with one attached hydrogen (secondary N) is 2. The first-order valence-corrected chi connectivity index (χ1v) is 14.0. The van der Waals surface area contributed by atoms with Crippen molar-refractivity contribution in [3.05, 3.63) is 83.4 Å². The normalized spacial score (nSPS) is 19.7. The Bertz CT molecular complexity index is 1720. The summed E-state index contributed by atoms with van der Waals surface area (Å²) in [5.74, 6) is 1.31. The number of carbonyl (C=O) groups excluding carboxylic acids is 2. The van der Waals surface area contributed by atoms with Crippen molar-refractivity contribution in [1.82, 2.24) is 24.7 Å². The van der Waals surface area contributed by atoms with Gasteiger partial charge in [-0.25, -0.2) is 19.8 Å². The Morgan fingerprint density at radius 3 is 2.88 bits per heavy atom. The number of hydrogen-bond donors (Lipinski definition) is 3. The van der Waals surface area contributed by atoms with Gasteiger partial charge >= 0.3 is 0 Å². The lowest BCUT2D eigenvalue weighted by atomic mass is 9.85. The molecule has 4 N–H and O–H groups in total. The average Bonchev–Trinajstić information content (AvgIpc) is 3.42. The topological polar surface area (TPSA) is 141 Å². The van der Waals surface area contributed by atoms with Crippen LogP contribution in [0.3, 0.4) is 0 Å². The van der Waals surface area contributed by atoms with Gasteiger partial charge < -0.3 is 21.1 Å². The maximum absolute atomic E-state index is 12.9. The van der Waals surface area contributed by atoms with Gasteiger partial charge in [0.1, 0.15) is 28.7 Å². The van der Waals surface area contributed by atoms with Gasteiger partial charge in [-0.3, -0.25) is 14.0 Å². The van der Waals surface area contributed by atoms with Crippen molar-refractivity contribution in [2.45, 2.75) is 44.1 Å². The van der Waals surface area contributed by atoms with Crippen LogP contribution in [0.1, 0.15) is 59.9 Å². The largest absolute Gasteiger partial charge is 0.382 e. The number of ether oxygens (including phenoxy) is 1. The van der Waals surface area contributed by atoms with Gasteiger partial charge in [-0.1, -0.05) is 24.6 Å². The highest BCUT2D eigenvalue weighted by molar-refractivity contribution is 6.04. The molecule has 1 saturated carbocycles. The van der Waals surface area contributed by atoms with Crippen LogP contribution in [-0.2, 0) is 9.53 Å². The Kier molecular flexibility index (Phi) is 7.62. The number of fused-ring (bicyclic) bond motifs is 3. The highest BCUT2D eigenvalue weighted by atomic mass is 16.5. The molecule has 2 amide bonds. The molecular weight excluding hydrogens is 532 g/mol. The zero-order valence-corrected chi connectivity index (χ0v) is 22.9. The second-order valence-electron chi connectivity index (χ2n) is 10.5. The van der Waals surface area contributed by atoms with Gasteiger partial charge in [0, 0.05) is 35.7 Å². The molecule has 42 heavy (non-hydrogen) atoms. The van der Waals surface area contributed by atoms with Crippen molar-refractivity contribution in [2.24, 2.45) is 0 Å². The van der Waals surface area contributed by atoms with Crippen LogP contribution >= 0.6 is 0 Å². The lowest BCUT2D eigenvalue weighted by molar-refractivity contribution is -0.123. The summed E-state index contributed by atoms with van der Waals surface area (Å²) in [5, 5.41) is 5.92. The van der Waals surface area contributed by atoms with E-state index in [4.69, 9.17) is 22.0 Å². The van der Waals surface area contributed by atoms with Crippen molar-refractivity contribution in [3.8, 4) is 11.3 Å². The predicted octanol–water partition coefficient (Wildman–Crippen LogP) is 4.75. The lowest BCUT2D eigenvalue weighted by Crippen LogP contribution is -2.38. The number of nitrogen functional groups attached to an aromatic ring is 1. The van der Waals surface area contributed by atoms with Crippen LogP contribution in [0.2, 0.25) is 0 Å². The molecule has 11 heteroatoms. The van der Waals surface area contributed by atoms with Crippen molar-refractivity contribution in [2.75, 3.05) is 24.3 Å². The maximum atomic E-state index is 12.9. The van der Waals surface area contributed by atoms with Crippen LogP contribution in [-0.4, -0.2) is 50.4 Å². The zero-order chi connectivity index (χ0) is 29.1. The van der Waals surface area contributed by atoms with E-state index in [1.165, 1.54) is 12.3 Å². The van der Waals surface area contributed by atoms with E-state index < -0.39 is 0 Å². The van der Waals surface area contributed by atoms with Gasteiger partial charge in [0.05, 0.1) is 31.7 Å². The second-order valence-corrected chi connectivity index (χ2v) is 10.5. The average molecular weight is 563 g/mol. The number of benzene rings is 1. The molecule has 3 aromatic heterocycles. The molecule has 0 spiro atoms. The monoisotopic (exact) mass is 562 g/mol. The first-order valence-electron chi connectivity index (χ1n) is 14.0. The molecule has 4 heterocycles. The molecule has 0 saturated heterocycles. The van der Waals surface area contributed by atoms with E-state index >= 15 is 0 Å². The summed E-state index contributed by atoms with van der Waals surface area (Å²) in [6, 6.07) is 10.3. The summed E-state index contributed by atoms with van der Waals surface area (Å²) in [7, 11) is 0. The molecular formula is C31H30N8O3. The molecule has 1 aromatic carbocycles. The standard InChI is InChI=1S/C31H30N8O3/c1-33-22-11-13-34-25(17-22)37-31(41)20-9-7-19(8-10-20)27-28-29(32)35-18-24-6-3-14-42-15-12-26(40)36-23-5-2-4-21(16-23)30(38-27)39(24)28/h3,6-11,13,17-18,21,23H,2,4-5,12,14-16H2,(H2,32,35)(H,36,40)(H,34,37,41)/b6-3+/t21-,23-/m1/s1. The summed E-state index contributed by atoms with van der Waals surface area (Å²) < 4.78 is 7.72. The molecule has 2 aliphatic rings. The molecule has 212 valence electrons. The van der Waals surface area contributed by atoms with Crippen molar-refractivity contribution < 1.29 is 14.3 Å². The summed E-state index contributed by atoms with van der Waals surface area (Å²) in [6.07, 6.45) is 11.0. The fourth-order valence-electron chi connectivity index (χ4n) is 5.65. The molecule has 0 radical (unpaired) electrons. The third-order valence-electron chi connectivity index (χ3n) is 7.66. The van der Waals surface area contributed by atoms with E-state index in [1.54, 1.807) is 24.4 Å². The van der Waals surface area contributed by atoms with Gasteiger partial charge in [-0.2, -0.15) is 0 Å². The van der Waals surface area contributed by atoms with E-state index in [0.29, 0.717) is 53.7 Å². The van der Waals surface area contributed by atoms with Gasteiger partial charge in [-0.15, -0.1) is 0 Å². The van der Waals surface area contributed by atoms with Crippen molar-refractivity contribution in [1.29, 1.82) is 0 Å². The number of hydrogen-bond acceptors (Lipinski definition) is 7. The number of pyridine rings is 1. The molecule has 4 aromatic rings. The van der Waals surface area contributed by atoms with E-state index in [-0.39, 0.29) is 23.8 Å².